The van der Waals surface area contributed by atoms with E-state index in [9.17, 15) is 26.3 Å². The Bertz CT molecular complexity index is 944. The number of alkyl halides is 6. The van der Waals surface area contributed by atoms with Crippen LogP contribution >= 0.6 is 0 Å². The lowest BCUT2D eigenvalue weighted by Crippen LogP contribution is -2.39. The Morgan fingerprint density at radius 3 is 2.24 bits per heavy atom. The zero-order chi connectivity index (χ0) is 28.2. The number of hydrogen-bond acceptors (Lipinski definition) is 7. The third-order valence-electron chi connectivity index (χ3n) is 5.05. The van der Waals surface area contributed by atoms with E-state index in [0.29, 0.717) is 0 Å². The summed E-state index contributed by atoms with van der Waals surface area (Å²) in [5.74, 6) is -3.84. The number of carbonyl (C=O) groups is 2. The molecule has 1 fully saturated rings. The van der Waals surface area contributed by atoms with Crippen molar-refractivity contribution in [1.82, 2.24) is 19.9 Å². The first-order valence-corrected chi connectivity index (χ1v) is 11.0. The molecule has 0 amide bonds. The Labute approximate surface area is 208 Å². The van der Waals surface area contributed by atoms with E-state index < -0.39 is 24.3 Å². The molecule has 0 radical (unpaired) electrons. The molecule has 15 heteroatoms. The van der Waals surface area contributed by atoms with Gasteiger partial charge < -0.3 is 19.6 Å². The summed E-state index contributed by atoms with van der Waals surface area (Å²) in [5.41, 5.74) is 1.85. The number of nitrogens with zero attached hydrogens (tertiary/aromatic N) is 4. The van der Waals surface area contributed by atoms with Crippen LogP contribution in [0.15, 0.2) is 35.1 Å². The van der Waals surface area contributed by atoms with Gasteiger partial charge in [0.15, 0.2) is 5.76 Å². The summed E-state index contributed by atoms with van der Waals surface area (Å²) in [5, 5.41) is 18.4. The lowest BCUT2D eigenvalue weighted by atomic mass is 9.97. The third-order valence-corrected chi connectivity index (χ3v) is 5.05. The summed E-state index contributed by atoms with van der Waals surface area (Å²) in [6.07, 6.45) is -3.94. The minimum atomic E-state index is -5.08. The molecule has 1 saturated heterocycles. The highest BCUT2D eigenvalue weighted by Crippen LogP contribution is 2.21. The Hall–Kier alpha value is -3.20. The molecule has 0 aromatic carbocycles. The molecule has 9 nitrogen and oxygen atoms in total. The maximum absolute atomic E-state index is 10.6. The van der Waals surface area contributed by atoms with Crippen LogP contribution < -0.4 is 0 Å². The molecule has 2 aromatic heterocycles. The highest BCUT2D eigenvalue weighted by molar-refractivity contribution is 5.73. The second-order valence-corrected chi connectivity index (χ2v) is 8.12. The van der Waals surface area contributed by atoms with Gasteiger partial charge in [0.25, 0.3) is 0 Å². The maximum Gasteiger partial charge on any atom is 0.490 e. The molecule has 1 unspecified atom stereocenters. The molecule has 0 bridgehead atoms. The van der Waals surface area contributed by atoms with E-state index in [1.54, 1.807) is 6.20 Å². The molecule has 3 heterocycles. The monoisotopic (exact) mass is 542 g/mol. The van der Waals surface area contributed by atoms with E-state index in [2.05, 4.69) is 33.9 Å². The first kappa shape index (κ1) is 31.8. The standard InChI is InChI=1S/C18H26N4O.2C2HF3O2/c1-3-22-9-5-6-15(13-22)12-21(2)14-17-10-18(20-23-17)16-7-4-8-19-11-16;2*3-2(4,5)1(6)7/h4,7-8,10-11,15H,3,5-6,9,12-14H2,1-2H3;2*(H,6,7). The van der Waals surface area contributed by atoms with Crippen molar-refractivity contribution in [2.24, 2.45) is 5.92 Å². The van der Waals surface area contributed by atoms with Gasteiger partial charge >= 0.3 is 24.3 Å². The van der Waals surface area contributed by atoms with Crippen LogP contribution in [0.3, 0.4) is 0 Å². The molecule has 2 aromatic rings. The number of rotatable bonds is 6. The van der Waals surface area contributed by atoms with E-state index in [1.807, 2.05) is 24.4 Å². The Balaban J connectivity index is 0.000000404. The number of aliphatic carboxylic acids is 2. The van der Waals surface area contributed by atoms with Crippen molar-refractivity contribution in [3.8, 4) is 11.3 Å². The van der Waals surface area contributed by atoms with Crippen LogP contribution in [-0.4, -0.2) is 87.7 Å². The molecule has 1 atom stereocenters. The van der Waals surface area contributed by atoms with Crippen LogP contribution in [-0.2, 0) is 16.1 Å². The van der Waals surface area contributed by atoms with Gasteiger partial charge in [-0.1, -0.05) is 12.1 Å². The average molecular weight is 542 g/mol. The summed E-state index contributed by atoms with van der Waals surface area (Å²) in [6, 6.07) is 5.94. The minimum Gasteiger partial charge on any atom is -0.475 e. The Morgan fingerprint density at radius 2 is 1.76 bits per heavy atom. The number of hydrogen-bond donors (Lipinski definition) is 2. The predicted octanol–water partition coefficient (Wildman–Crippen LogP) is 4.17. The average Bonchev–Trinajstić information content (AvgIpc) is 3.27. The summed E-state index contributed by atoms with van der Waals surface area (Å²) in [7, 11) is 2.16. The van der Waals surface area contributed by atoms with Gasteiger partial charge in [-0.25, -0.2) is 9.59 Å². The zero-order valence-electron chi connectivity index (χ0n) is 20.1. The molecule has 208 valence electrons. The lowest BCUT2D eigenvalue weighted by Gasteiger charge is -2.33. The van der Waals surface area contributed by atoms with Crippen molar-refractivity contribution in [1.29, 1.82) is 0 Å². The third kappa shape index (κ3) is 12.5. The van der Waals surface area contributed by atoms with Gasteiger partial charge in [0.2, 0.25) is 0 Å². The van der Waals surface area contributed by atoms with E-state index in [0.717, 1.165) is 42.6 Å². The SMILES string of the molecule is CCN1CCCC(CN(C)Cc2cc(-c3cccnc3)no2)C1.O=C(O)C(F)(F)F.O=C(O)C(F)(F)F. The van der Waals surface area contributed by atoms with Crippen molar-refractivity contribution in [3.05, 3.63) is 36.4 Å². The summed E-state index contributed by atoms with van der Waals surface area (Å²) in [4.78, 5) is 26.8. The minimum absolute atomic E-state index is 0.759. The first-order valence-electron chi connectivity index (χ1n) is 11.0. The van der Waals surface area contributed by atoms with Gasteiger partial charge in [0, 0.05) is 37.1 Å². The summed E-state index contributed by atoms with van der Waals surface area (Å²) in [6.45, 7) is 7.80. The second kappa shape index (κ2) is 14.5. The number of halogens is 6. The maximum atomic E-state index is 10.6. The Morgan fingerprint density at radius 1 is 1.16 bits per heavy atom. The second-order valence-electron chi connectivity index (χ2n) is 8.12. The molecular weight excluding hydrogens is 514 g/mol. The first-order chi connectivity index (χ1) is 17.1. The van der Waals surface area contributed by atoms with Gasteiger partial charge in [0.05, 0.1) is 6.54 Å². The number of likely N-dealkylation sites (tertiary alicyclic amines) is 1. The molecular formula is C22H28F6N4O5. The molecule has 37 heavy (non-hydrogen) atoms. The normalized spacial score (nSPS) is 16.3. The van der Waals surface area contributed by atoms with Crippen molar-refractivity contribution in [3.63, 3.8) is 0 Å². The summed E-state index contributed by atoms with van der Waals surface area (Å²) < 4.78 is 69.0. The molecule has 1 aliphatic heterocycles. The van der Waals surface area contributed by atoms with Gasteiger partial charge in [-0.3, -0.25) is 9.88 Å². The van der Waals surface area contributed by atoms with Crippen molar-refractivity contribution in [2.45, 2.75) is 38.7 Å². The smallest absolute Gasteiger partial charge is 0.475 e. The van der Waals surface area contributed by atoms with Crippen LogP contribution in [0.4, 0.5) is 26.3 Å². The number of aromatic nitrogens is 2. The predicted molar refractivity (Wildman–Crippen MR) is 118 cm³/mol. The van der Waals surface area contributed by atoms with E-state index in [1.165, 1.54) is 25.9 Å². The largest absolute Gasteiger partial charge is 0.490 e. The molecule has 3 rings (SSSR count). The molecule has 0 aliphatic carbocycles. The molecule has 0 spiro atoms. The summed E-state index contributed by atoms with van der Waals surface area (Å²) >= 11 is 0. The number of carboxylic acid groups (broad SMARTS) is 2. The fraction of sp³-hybridized carbons (Fsp3) is 0.545. The highest BCUT2D eigenvalue weighted by atomic mass is 19.4. The van der Waals surface area contributed by atoms with Gasteiger partial charge in [-0.15, -0.1) is 0 Å². The molecule has 2 N–H and O–H groups in total. The zero-order valence-corrected chi connectivity index (χ0v) is 20.1. The van der Waals surface area contributed by atoms with Crippen LogP contribution in [0.25, 0.3) is 11.3 Å². The van der Waals surface area contributed by atoms with Gasteiger partial charge in [-0.05, 0) is 51.0 Å². The van der Waals surface area contributed by atoms with Crippen molar-refractivity contribution < 1.29 is 50.7 Å². The van der Waals surface area contributed by atoms with E-state index in [4.69, 9.17) is 24.3 Å². The number of carboxylic acids is 2. The number of piperidine rings is 1. The molecule has 1 aliphatic rings. The van der Waals surface area contributed by atoms with Crippen LogP contribution in [0, 0.1) is 5.92 Å². The highest BCUT2D eigenvalue weighted by Gasteiger charge is 2.38. The lowest BCUT2D eigenvalue weighted by molar-refractivity contribution is -0.193. The van der Waals surface area contributed by atoms with Crippen molar-refractivity contribution >= 4 is 11.9 Å². The van der Waals surface area contributed by atoms with Crippen LogP contribution in [0.2, 0.25) is 0 Å². The topological polar surface area (TPSA) is 120 Å². The van der Waals surface area contributed by atoms with E-state index in [-0.39, 0.29) is 0 Å². The molecule has 0 saturated carbocycles. The van der Waals surface area contributed by atoms with Crippen molar-refractivity contribution in [2.75, 3.05) is 33.2 Å². The number of pyridine rings is 1. The fourth-order valence-corrected chi connectivity index (χ4v) is 3.40. The quantitative estimate of drug-likeness (QED) is 0.519. The van der Waals surface area contributed by atoms with Gasteiger partial charge in [-0.2, -0.15) is 26.3 Å². The fourth-order valence-electron chi connectivity index (χ4n) is 3.40. The Kier molecular flexibility index (Phi) is 12.5. The van der Waals surface area contributed by atoms with Crippen LogP contribution in [0.5, 0.6) is 0 Å². The van der Waals surface area contributed by atoms with E-state index >= 15 is 0 Å². The van der Waals surface area contributed by atoms with Crippen LogP contribution in [0.1, 0.15) is 25.5 Å². The van der Waals surface area contributed by atoms with Gasteiger partial charge in [0.1, 0.15) is 5.69 Å².